The molecule has 20 heavy (non-hydrogen) atoms. The minimum atomic E-state index is 0.922. The Hall–Kier alpha value is -2.42. The zero-order valence-electron chi connectivity index (χ0n) is 11.5. The second-order valence-electron chi connectivity index (χ2n) is 4.96. The highest BCUT2D eigenvalue weighted by molar-refractivity contribution is 5.75. The molecule has 1 aliphatic rings. The van der Waals surface area contributed by atoms with Crippen molar-refractivity contribution in [1.29, 1.82) is 0 Å². The van der Waals surface area contributed by atoms with Gasteiger partial charge >= 0.3 is 0 Å². The van der Waals surface area contributed by atoms with Crippen molar-refractivity contribution < 1.29 is 0 Å². The number of aromatic amines is 1. The number of H-pyrrole nitrogens is 1. The van der Waals surface area contributed by atoms with E-state index in [0.29, 0.717) is 0 Å². The lowest BCUT2D eigenvalue weighted by Gasteiger charge is -2.00. The Labute approximate surface area is 118 Å². The molecular formula is C17H17N3. The number of rotatable bonds is 3. The lowest BCUT2D eigenvalue weighted by atomic mass is 10.1. The summed E-state index contributed by atoms with van der Waals surface area (Å²) < 4.78 is 0. The summed E-state index contributed by atoms with van der Waals surface area (Å²) in [6, 6.07) is 4.07. The zero-order chi connectivity index (χ0) is 13.8. The number of allylic oxidation sites excluding steroid dienone is 6. The Kier molecular flexibility index (Phi) is 3.59. The van der Waals surface area contributed by atoms with Gasteiger partial charge in [-0.25, -0.2) is 4.98 Å². The molecule has 0 atom stereocenters. The summed E-state index contributed by atoms with van der Waals surface area (Å²) in [7, 11) is 0. The summed E-state index contributed by atoms with van der Waals surface area (Å²) in [5.74, 6) is 0.970. The van der Waals surface area contributed by atoms with Gasteiger partial charge in [-0.1, -0.05) is 29.9 Å². The fourth-order valence-corrected chi connectivity index (χ4v) is 2.34. The van der Waals surface area contributed by atoms with E-state index in [1.165, 1.54) is 22.4 Å². The monoisotopic (exact) mass is 263 g/mol. The summed E-state index contributed by atoms with van der Waals surface area (Å²) in [5.41, 5.74) is 4.98. The standard InChI is InChI=1S/C17H17N3/c1-13-19-12-17(20-13)11-14-3-2-4-15(6-5-14)16-7-9-18-10-8-16/h2,4-10,12H,3,11H2,1H3,(H,19,20). The van der Waals surface area contributed by atoms with Gasteiger partial charge in [0, 0.05) is 30.7 Å². The van der Waals surface area contributed by atoms with Crippen LogP contribution in [0, 0.1) is 6.92 Å². The van der Waals surface area contributed by atoms with Crippen LogP contribution in [0.3, 0.4) is 0 Å². The van der Waals surface area contributed by atoms with Crippen molar-refractivity contribution in [3.8, 4) is 0 Å². The Bertz CT molecular complexity index is 675. The molecule has 0 bridgehead atoms. The van der Waals surface area contributed by atoms with Crippen LogP contribution in [0.15, 0.2) is 60.6 Å². The molecule has 1 N–H and O–H groups in total. The first kappa shape index (κ1) is 12.6. The van der Waals surface area contributed by atoms with E-state index in [2.05, 4.69) is 39.3 Å². The summed E-state index contributed by atoms with van der Waals surface area (Å²) in [6.45, 7) is 1.98. The van der Waals surface area contributed by atoms with Gasteiger partial charge in [-0.2, -0.15) is 0 Å². The van der Waals surface area contributed by atoms with E-state index in [1.807, 2.05) is 37.6 Å². The minimum Gasteiger partial charge on any atom is -0.346 e. The van der Waals surface area contributed by atoms with Gasteiger partial charge in [0.1, 0.15) is 5.82 Å². The first-order valence-electron chi connectivity index (χ1n) is 6.78. The Morgan fingerprint density at radius 3 is 2.80 bits per heavy atom. The second-order valence-corrected chi connectivity index (χ2v) is 4.96. The third-order valence-corrected chi connectivity index (χ3v) is 3.36. The Balaban J connectivity index is 1.80. The minimum absolute atomic E-state index is 0.922. The van der Waals surface area contributed by atoms with Crippen molar-refractivity contribution in [3.63, 3.8) is 0 Å². The molecule has 2 aromatic heterocycles. The van der Waals surface area contributed by atoms with Gasteiger partial charge in [0.2, 0.25) is 0 Å². The van der Waals surface area contributed by atoms with E-state index in [1.54, 1.807) is 0 Å². The highest BCUT2D eigenvalue weighted by Gasteiger charge is 2.04. The van der Waals surface area contributed by atoms with Crippen LogP contribution in [0.4, 0.5) is 0 Å². The molecule has 2 aromatic rings. The van der Waals surface area contributed by atoms with Crippen molar-refractivity contribution in [3.05, 3.63) is 77.7 Å². The van der Waals surface area contributed by atoms with E-state index in [0.717, 1.165) is 18.7 Å². The predicted octanol–water partition coefficient (Wildman–Crippen LogP) is 3.63. The maximum atomic E-state index is 4.24. The van der Waals surface area contributed by atoms with Gasteiger partial charge in [0.25, 0.3) is 0 Å². The average Bonchev–Trinajstić information content (AvgIpc) is 2.74. The number of hydrogen-bond acceptors (Lipinski definition) is 2. The molecule has 0 saturated heterocycles. The average molecular weight is 263 g/mol. The number of pyridine rings is 1. The van der Waals surface area contributed by atoms with Gasteiger partial charge < -0.3 is 4.98 Å². The molecule has 0 aromatic carbocycles. The molecule has 1 aliphatic carbocycles. The lowest BCUT2D eigenvalue weighted by molar-refractivity contribution is 1.01. The second kappa shape index (κ2) is 5.70. The van der Waals surface area contributed by atoms with Crippen molar-refractivity contribution in [2.75, 3.05) is 0 Å². The third kappa shape index (κ3) is 2.94. The Morgan fingerprint density at radius 1 is 1.20 bits per heavy atom. The topological polar surface area (TPSA) is 41.6 Å². The molecule has 3 nitrogen and oxygen atoms in total. The summed E-state index contributed by atoms with van der Waals surface area (Å²) in [6.07, 6.45) is 16.3. The molecule has 100 valence electrons. The van der Waals surface area contributed by atoms with E-state index in [4.69, 9.17) is 0 Å². The fraction of sp³-hybridized carbons (Fsp3) is 0.176. The summed E-state index contributed by atoms with van der Waals surface area (Å²) in [5, 5.41) is 0. The molecule has 3 heteroatoms. The van der Waals surface area contributed by atoms with Crippen LogP contribution in [-0.4, -0.2) is 15.0 Å². The van der Waals surface area contributed by atoms with Crippen LogP contribution in [-0.2, 0) is 6.42 Å². The van der Waals surface area contributed by atoms with E-state index in [-0.39, 0.29) is 0 Å². The van der Waals surface area contributed by atoms with Gasteiger partial charge in [-0.05, 0) is 36.6 Å². The smallest absolute Gasteiger partial charge is 0.103 e. The molecule has 0 fully saturated rings. The highest BCUT2D eigenvalue weighted by atomic mass is 14.9. The van der Waals surface area contributed by atoms with E-state index < -0.39 is 0 Å². The SMILES string of the molecule is Cc1ncc(CC2=CC=C(c3ccncc3)C=CC2)[nH]1. The van der Waals surface area contributed by atoms with E-state index >= 15 is 0 Å². The van der Waals surface area contributed by atoms with Crippen LogP contribution in [0.25, 0.3) is 5.57 Å². The molecule has 0 saturated carbocycles. The highest BCUT2D eigenvalue weighted by Crippen LogP contribution is 2.21. The number of nitrogens with zero attached hydrogens (tertiary/aromatic N) is 2. The summed E-state index contributed by atoms with van der Waals surface area (Å²) in [4.78, 5) is 11.6. The van der Waals surface area contributed by atoms with Crippen molar-refractivity contribution in [2.45, 2.75) is 19.8 Å². The van der Waals surface area contributed by atoms with Gasteiger partial charge in [0.05, 0.1) is 0 Å². The number of nitrogens with one attached hydrogen (secondary N) is 1. The van der Waals surface area contributed by atoms with Gasteiger partial charge in [-0.3, -0.25) is 4.98 Å². The van der Waals surface area contributed by atoms with Gasteiger partial charge in [-0.15, -0.1) is 0 Å². The normalized spacial score (nSPS) is 14.7. The molecule has 0 amide bonds. The number of imidazole rings is 1. The fourth-order valence-electron chi connectivity index (χ4n) is 2.34. The maximum Gasteiger partial charge on any atom is 0.103 e. The first-order valence-corrected chi connectivity index (χ1v) is 6.78. The maximum absolute atomic E-state index is 4.24. The molecule has 0 unspecified atom stereocenters. The molecule has 0 radical (unpaired) electrons. The zero-order valence-corrected chi connectivity index (χ0v) is 11.5. The lowest BCUT2D eigenvalue weighted by Crippen LogP contribution is -1.89. The van der Waals surface area contributed by atoms with Crippen LogP contribution in [0.2, 0.25) is 0 Å². The number of aryl methyl sites for hydroxylation is 1. The van der Waals surface area contributed by atoms with Crippen LogP contribution in [0.1, 0.15) is 23.5 Å². The molecule has 3 rings (SSSR count). The largest absolute Gasteiger partial charge is 0.346 e. The predicted molar refractivity (Wildman–Crippen MR) is 81.1 cm³/mol. The molecule has 2 heterocycles. The van der Waals surface area contributed by atoms with Crippen molar-refractivity contribution in [1.82, 2.24) is 15.0 Å². The number of aromatic nitrogens is 3. The molecule has 0 aliphatic heterocycles. The van der Waals surface area contributed by atoms with Crippen LogP contribution in [0.5, 0.6) is 0 Å². The van der Waals surface area contributed by atoms with E-state index in [9.17, 15) is 0 Å². The first-order chi connectivity index (χ1) is 9.81. The third-order valence-electron chi connectivity index (χ3n) is 3.36. The van der Waals surface area contributed by atoms with Crippen molar-refractivity contribution in [2.24, 2.45) is 0 Å². The molecular weight excluding hydrogens is 246 g/mol. The number of hydrogen-bond donors (Lipinski definition) is 1. The van der Waals surface area contributed by atoms with Crippen LogP contribution < -0.4 is 0 Å². The van der Waals surface area contributed by atoms with Crippen LogP contribution >= 0.6 is 0 Å². The Morgan fingerprint density at radius 2 is 2.05 bits per heavy atom. The molecule has 0 spiro atoms. The van der Waals surface area contributed by atoms with Crippen molar-refractivity contribution >= 4 is 5.57 Å². The summed E-state index contributed by atoms with van der Waals surface area (Å²) >= 11 is 0. The quantitative estimate of drug-likeness (QED) is 0.918. The van der Waals surface area contributed by atoms with Gasteiger partial charge in [0.15, 0.2) is 0 Å².